The van der Waals surface area contributed by atoms with E-state index in [2.05, 4.69) is 37.1 Å². The topological polar surface area (TPSA) is 63.6 Å². The minimum Gasteiger partial charge on any atom is -0.264 e. The maximum absolute atomic E-state index is 10.4. The predicted octanol–water partition coefficient (Wildman–Crippen LogP) is 4.23. The SMILES string of the molecule is CC(C)=CCC/C(C)=C/CC/C(C)=C/COS(=O)(=O)O. The molecule has 0 bridgehead atoms. The first-order chi connectivity index (χ1) is 9.20. The highest BCUT2D eigenvalue weighted by molar-refractivity contribution is 7.80. The van der Waals surface area contributed by atoms with Crippen molar-refractivity contribution in [2.24, 2.45) is 0 Å². The van der Waals surface area contributed by atoms with E-state index in [9.17, 15) is 8.42 Å². The fraction of sp³-hybridized carbons (Fsp3) is 0.600. The van der Waals surface area contributed by atoms with Gasteiger partial charge in [0.2, 0.25) is 0 Å². The summed E-state index contributed by atoms with van der Waals surface area (Å²) in [6.45, 7) is 8.12. The first-order valence-corrected chi connectivity index (χ1v) is 8.13. The molecule has 0 radical (unpaired) electrons. The van der Waals surface area contributed by atoms with Crippen LogP contribution in [0.4, 0.5) is 0 Å². The number of hydrogen-bond donors (Lipinski definition) is 1. The Balaban J connectivity index is 3.97. The van der Waals surface area contributed by atoms with Crippen LogP contribution in [-0.2, 0) is 14.6 Å². The Bertz CT molecular complexity index is 466. The Kier molecular flexibility index (Phi) is 9.46. The van der Waals surface area contributed by atoms with Crippen molar-refractivity contribution < 1.29 is 17.2 Å². The third-order valence-electron chi connectivity index (χ3n) is 2.77. The van der Waals surface area contributed by atoms with E-state index in [0.29, 0.717) is 0 Å². The molecule has 1 N–H and O–H groups in total. The standard InChI is InChI=1S/C15H26O4S/c1-13(2)7-5-8-14(3)9-6-10-15(4)11-12-19-20(16,17)18/h7,9,11H,5-6,8,10,12H2,1-4H3,(H,16,17,18)/b14-9+,15-11+. The lowest BCUT2D eigenvalue weighted by Crippen LogP contribution is -2.03. The highest BCUT2D eigenvalue weighted by atomic mass is 32.3. The van der Waals surface area contributed by atoms with Crippen LogP contribution in [0, 0.1) is 0 Å². The van der Waals surface area contributed by atoms with Crippen LogP contribution in [0.25, 0.3) is 0 Å². The van der Waals surface area contributed by atoms with Crippen LogP contribution in [-0.4, -0.2) is 19.6 Å². The fourth-order valence-corrected chi connectivity index (χ4v) is 1.84. The first kappa shape index (κ1) is 19.1. The lowest BCUT2D eigenvalue weighted by atomic mass is 10.1. The zero-order valence-corrected chi connectivity index (χ0v) is 13.7. The van der Waals surface area contributed by atoms with Gasteiger partial charge in [0.25, 0.3) is 0 Å². The van der Waals surface area contributed by atoms with Gasteiger partial charge < -0.3 is 0 Å². The Morgan fingerprint density at radius 3 is 1.95 bits per heavy atom. The van der Waals surface area contributed by atoms with Gasteiger partial charge in [0.05, 0.1) is 6.61 Å². The third-order valence-corrected chi connectivity index (χ3v) is 3.21. The highest BCUT2D eigenvalue weighted by Gasteiger charge is 2.01. The molecule has 0 fully saturated rings. The van der Waals surface area contributed by atoms with Crippen LogP contribution in [0.1, 0.15) is 53.4 Å². The number of rotatable bonds is 9. The van der Waals surface area contributed by atoms with Crippen LogP contribution >= 0.6 is 0 Å². The molecule has 0 aliphatic carbocycles. The van der Waals surface area contributed by atoms with Gasteiger partial charge in [-0.05, 0) is 53.4 Å². The molecule has 5 heteroatoms. The van der Waals surface area contributed by atoms with Gasteiger partial charge in [-0.1, -0.05) is 34.9 Å². The van der Waals surface area contributed by atoms with Gasteiger partial charge in [-0.3, -0.25) is 4.55 Å². The summed E-state index contributed by atoms with van der Waals surface area (Å²) in [6, 6.07) is 0. The summed E-state index contributed by atoms with van der Waals surface area (Å²) in [4.78, 5) is 0. The quantitative estimate of drug-likeness (QED) is 0.511. The van der Waals surface area contributed by atoms with Crippen molar-refractivity contribution >= 4 is 10.4 Å². The van der Waals surface area contributed by atoms with Crippen molar-refractivity contribution in [2.75, 3.05) is 6.61 Å². The molecule has 0 aromatic heterocycles. The smallest absolute Gasteiger partial charge is 0.264 e. The van der Waals surface area contributed by atoms with Gasteiger partial charge in [0.1, 0.15) is 0 Å². The van der Waals surface area contributed by atoms with Crippen molar-refractivity contribution in [1.29, 1.82) is 0 Å². The molecule has 0 saturated carbocycles. The van der Waals surface area contributed by atoms with Crippen LogP contribution < -0.4 is 0 Å². The van der Waals surface area contributed by atoms with Crippen LogP contribution in [0.3, 0.4) is 0 Å². The van der Waals surface area contributed by atoms with Crippen LogP contribution in [0.2, 0.25) is 0 Å². The molecular weight excluding hydrogens is 276 g/mol. The Labute approximate surface area is 123 Å². The van der Waals surface area contributed by atoms with E-state index in [0.717, 1.165) is 31.3 Å². The van der Waals surface area contributed by atoms with E-state index in [1.54, 1.807) is 6.08 Å². The lowest BCUT2D eigenvalue weighted by Gasteiger charge is -2.01. The van der Waals surface area contributed by atoms with Gasteiger partial charge in [0, 0.05) is 0 Å². The van der Waals surface area contributed by atoms with Crippen molar-refractivity contribution in [1.82, 2.24) is 0 Å². The van der Waals surface area contributed by atoms with E-state index in [4.69, 9.17) is 4.55 Å². The first-order valence-electron chi connectivity index (χ1n) is 6.77. The molecule has 4 nitrogen and oxygen atoms in total. The van der Waals surface area contributed by atoms with E-state index in [-0.39, 0.29) is 6.61 Å². The minimum atomic E-state index is -4.33. The number of allylic oxidation sites excluding steroid dienone is 5. The van der Waals surface area contributed by atoms with Crippen molar-refractivity contribution in [3.8, 4) is 0 Å². The Morgan fingerprint density at radius 1 is 0.950 bits per heavy atom. The second kappa shape index (κ2) is 9.91. The maximum atomic E-state index is 10.4. The minimum absolute atomic E-state index is 0.117. The van der Waals surface area contributed by atoms with E-state index < -0.39 is 10.4 Å². The summed E-state index contributed by atoms with van der Waals surface area (Å²) < 4.78 is 33.3. The molecule has 0 spiro atoms. The van der Waals surface area contributed by atoms with Gasteiger partial charge in [-0.25, -0.2) is 4.18 Å². The maximum Gasteiger partial charge on any atom is 0.397 e. The molecule has 20 heavy (non-hydrogen) atoms. The second-order valence-corrected chi connectivity index (χ2v) is 6.26. The number of hydrogen-bond acceptors (Lipinski definition) is 3. The summed E-state index contributed by atoms with van der Waals surface area (Å²) in [5, 5.41) is 0. The average Bonchev–Trinajstić information content (AvgIpc) is 2.26. The normalized spacial score (nSPS) is 13.4. The molecule has 0 unspecified atom stereocenters. The summed E-state index contributed by atoms with van der Waals surface area (Å²) in [5.41, 5.74) is 3.75. The van der Waals surface area contributed by atoms with E-state index >= 15 is 0 Å². The zero-order chi connectivity index (χ0) is 15.6. The highest BCUT2D eigenvalue weighted by Crippen LogP contribution is 2.11. The molecule has 0 amide bonds. The third kappa shape index (κ3) is 13.5. The van der Waals surface area contributed by atoms with Crippen LogP contribution in [0.5, 0.6) is 0 Å². The van der Waals surface area contributed by atoms with Gasteiger partial charge >= 0.3 is 10.4 Å². The Morgan fingerprint density at radius 2 is 1.45 bits per heavy atom. The van der Waals surface area contributed by atoms with Crippen molar-refractivity contribution in [3.05, 3.63) is 34.9 Å². The molecule has 0 atom stereocenters. The van der Waals surface area contributed by atoms with Crippen LogP contribution in [0.15, 0.2) is 34.9 Å². The lowest BCUT2D eigenvalue weighted by molar-refractivity contribution is 0.296. The largest absolute Gasteiger partial charge is 0.397 e. The summed E-state index contributed by atoms with van der Waals surface area (Å²) in [7, 11) is -4.33. The van der Waals surface area contributed by atoms with Gasteiger partial charge in [0.15, 0.2) is 0 Å². The summed E-state index contributed by atoms with van der Waals surface area (Å²) in [5.74, 6) is 0. The molecule has 0 rings (SSSR count). The van der Waals surface area contributed by atoms with Crippen molar-refractivity contribution in [3.63, 3.8) is 0 Å². The van der Waals surface area contributed by atoms with Crippen molar-refractivity contribution in [2.45, 2.75) is 53.4 Å². The molecule has 0 aliphatic rings. The van der Waals surface area contributed by atoms with Gasteiger partial charge in [-0.15, -0.1) is 0 Å². The molecule has 0 aliphatic heterocycles. The van der Waals surface area contributed by atoms with Gasteiger partial charge in [-0.2, -0.15) is 8.42 Å². The Hall–Kier alpha value is -0.910. The molecular formula is C15H26O4S. The average molecular weight is 302 g/mol. The molecule has 0 saturated heterocycles. The van der Waals surface area contributed by atoms with E-state index in [1.165, 1.54) is 11.1 Å². The summed E-state index contributed by atoms with van der Waals surface area (Å²) >= 11 is 0. The monoisotopic (exact) mass is 302 g/mol. The summed E-state index contributed by atoms with van der Waals surface area (Å²) in [6.07, 6.45) is 10.0. The second-order valence-electron chi connectivity index (χ2n) is 5.17. The van der Waals surface area contributed by atoms with E-state index in [1.807, 2.05) is 6.92 Å². The fourth-order valence-electron chi connectivity index (χ4n) is 1.60. The molecule has 0 aromatic rings. The zero-order valence-electron chi connectivity index (χ0n) is 12.8. The molecule has 116 valence electrons. The predicted molar refractivity (Wildman–Crippen MR) is 82.9 cm³/mol. The molecule has 0 heterocycles. The molecule has 0 aromatic carbocycles.